The summed E-state index contributed by atoms with van der Waals surface area (Å²) >= 11 is 0. The van der Waals surface area contributed by atoms with E-state index in [-0.39, 0.29) is 30.6 Å². The first-order valence-electron chi connectivity index (χ1n) is 7.76. The minimum absolute atomic E-state index is 0. The second kappa shape index (κ2) is 9.05. The van der Waals surface area contributed by atoms with Crippen LogP contribution in [-0.4, -0.2) is 48.9 Å². The molecular formula is C16H22IN5O. The Labute approximate surface area is 153 Å². The molecular weight excluding hydrogens is 405 g/mol. The number of aromatic nitrogens is 2. The fourth-order valence-electron chi connectivity index (χ4n) is 2.84. The lowest BCUT2D eigenvalue weighted by atomic mass is 10.3. The number of fused-ring (bicyclic) bond motifs is 1. The standard InChI is InChI=1S/C16H21N5O.HI/c17-6-12-22-13-11-21-15-5-2-1-4-14(15)19-16(21)20-9-3-7-18-8-10-20;/h1-2,4-5,18H,3,7-13H2;1H. The van der Waals surface area contributed by atoms with Crippen molar-refractivity contribution in [2.24, 2.45) is 0 Å². The van der Waals surface area contributed by atoms with E-state index in [4.69, 9.17) is 15.0 Å². The third kappa shape index (κ3) is 4.34. The van der Waals surface area contributed by atoms with E-state index in [1.807, 2.05) is 24.3 Å². The Bertz CT molecular complexity index is 658. The van der Waals surface area contributed by atoms with Gasteiger partial charge in [0.2, 0.25) is 5.95 Å². The van der Waals surface area contributed by atoms with Crippen molar-refractivity contribution in [3.63, 3.8) is 0 Å². The van der Waals surface area contributed by atoms with Crippen LogP contribution in [0.2, 0.25) is 0 Å². The van der Waals surface area contributed by atoms with Crippen LogP contribution in [0.1, 0.15) is 6.42 Å². The van der Waals surface area contributed by atoms with Crippen molar-refractivity contribution in [1.82, 2.24) is 14.9 Å². The molecule has 1 aliphatic rings. The lowest BCUT2D eigenvalue weighted by Crippen LogP contribution is -2.30. The van der Waals surface area contributed by atoms with E-state index in [9.17, 15) is 0 Å². The van der Waals surface area contributed by atoms with Crippen LogP contribution >= 0.6 is 24.0 Å². The van der Waals surface area contributed by atoms with Gasteiger partial charge >= 0.3 is 0 Å². The number of hydrogen-bond acceptors (Lipinski definition) is 5. The van der Waals surface area contributed by atoms with Gasteiger partial charge in [-0.25, -0.2) is 4.98 Å². The number of benzene rings is 1. The molecule has 1 N–H and O–H groups in total. The highest BCUT2D eigenvalue weighted by molar-refractivity contribution is 14.0. The lowest BCUT2D eigenvalue weighted by Gasteiger charge is -2.22. The number of ether oxygens (including phenoxy) is 1. The highest BCUT2D eigenvalue weighted by Gasteiger charge is 2.17. The summed E-state index contributed by atoms with van der Waals surface area (Å²) in [6.07, 6.45) is 1.12. The van der Waals surface area contributed by atoms with Gasteiger partial charge in [-0.3, -0.25) is 0 Å². The first-order chi connectivity index (χ1) is 10.9. The molecule has 1 saturated heterocycles. The van der Waals surface area contributed by atoms with Gasteiger partial charge in [-0.05, 0) is 25.1 Å². The Morgan fingerprint density at radius 2 is 2.13 bits per heavy atom. The Hall–Kier alpha value is -1.37. The minimum atomic E-state index is 0. The van der Waals surface area contributed by atoms with Crippen LogP contribution in [0.25, 0.3) is 11.0 Å². The number of halogens is 1. The molecule has 0 unspecified atom stereocenters. The summed E-state index contributed by atoms with van der Waals surface area (Å²) in [5.41, 5.74) is 2.13. The van der Waals surface area contributed by atoms with E-state index in [1.54, 1.807) is 0 Å². The van der Waals surface area contributed by atoms with E-state index in [0.29, 0.717) is 13.2 Å². The lowest BCUT2D eigenvalue weighted by molar-refractivity contribution is 0.157. The van der Waals surface area contributed by atoms with Crippen LogP contribution < -0.4 is 10.2 Å². The smallest absolute Gasteiger partial charge is 0.206 e. The number of hydrogen-bond donors (Lipinski definition) is 1. The van der Waals surface area contributed by atoms with Crippen molar-refractivity contribution in [3.05, 3.63) is 24.3 Å². The zero-order chi connectivity index (χ0) is 15.2. The van der Waals surface area contributed by atoms with Crippen LogP contribution in [0, 0.1) is 11.3 Å². The van der Waals surface area contributed by atoms with Crippen LogP contribution in [0.15, 0.2) is 24.3 Å². The molecule has 0 radical (unpaired) electrons. The van der Waals surface area contributed by atoms with E-state index in [1.165, 1.54) is 0 Å². The third-order valence-corrected chi connectivity index (χ3v) is 3.88. The second-order valence-electron chi connectivity index (χ2n) is 5.35. The molecule has 6 nitrogen and oxygen atoms in total. The number of para-hydroxylation sites is 2. The average Bonchev–Trinajstić information content (AvgIpc) is 2.73. The fourth-order valence-corrected chi connectivity index (χ4v) is 2.84. The third-order valence-electron chi connectivity index (χ3n) is 3.88. The topological polar surface area (TPSA) is 66.1 Å². The number of nitriles is 1. The van der Waals surface area contributed by atoms with Crippen LogP contribution in [-0.2, 0) is 11.3 Å². The van der Waals surface area contributed by atoms with Crippen LogP contribution in [0.5, 0.6) is 0 Å². The van der Waals surface area contributed by atoms with Gasteiger partial charge < -0.3 is 19.5 Å². The first-order valence-corrected chi connectivity index (χ1v) is 7.76. The summed E-state index contributed by atoms with van der Waals surface area (Å²) in [5, 5.41) is 12.0. The zero-order valence-electron chi connectivity index (χ0n) is 13.1. The highest BCUT2D eigenvalue weighted by atomic mass is 127. The molecule has 0 atom stereocenters. The van der Waals surface area contributed by atoms with Crippen molar-refractivity contribution >= 4 is 41.0 Å². The molecule has 2 heterocycles. The normalized spacial score (nSPS) is 15.0. The molecule has 124 valence electrons. The molecule has 1 aromatic carbocycles. The predicted molar refractivity (Wildman–Crippen MR) is 101 cm³/mol. The van der Waals surface area contributed by atoms with Gasteiger partial charge in [-0.2, -0.15) is 5.26 Å². The largest absolute Gasteiger partial charge is 0.365 e. The summed E-state index contributed by atoms with van der Waals surface area (Å²) in [6, 6.07) is 10.2. The molecule has 0 saturated carbocycles. The number of imidazole rings is 1. The Morgan fingerprint density at radius 3 is 3.00 bits per heavy atom. The Balaban J connectivity index is 0.00000192. The van der Waals surface area contributed by atoms with Crippen molar-refractivity contribution in [2.45, 2.75) is 13.0 Å². The zero-order valence-corrected chi connectivity index (χ0v) is 15.4. The molecule has 0 aliphatic carbocycles. The second-order valence-corrected chi connectivity index (χ2v) is 5.35. The number of rotatable bonds is 5. The van der Waals surface area contributed by atoms with Gasteiger partial charge in [-0.15, -0.1) is 24.0 Å². The van der Waals surface area contributed by atoms with Gasteiger partial charge in [0.25, 0.3) is 0 Å². The van der Waals surface area contributed by atoms with Crippen LogP contribution in [0.3, 0.4) is 0 Å². The van der Waals surface area contributed by atoms with Crippen molar-refractivity contribution in [2.75, 3.05) is 44.3 Å². The van der Waals surface area contributed by atoms with Crippen LogP contribution in [0.4, 0.5) is 5.95 Å². The summed E-state index contributed by atoms with van der Waals surface area (Å²) in [4.78, 5) is 7.16. The van der Waals surface area contributed by atoms with E-state index >= 15 is 0 Å². The molecule has 2 aromatic rings. The maximum absolute atomic E-state index is 8.58. The summed E-state index contributed by atoms with van der Waals surface area (Å²) in [6.45, 7) is 5.37. The van der Waals surface area contributed by atoms with E-state index in [0.717, 1.165) is 49.6 Å². The molecule has 0 spiro atoms. The molecule has 1 fully saturated rings. The van der Waals surface area contributed by atoms with Crippen molar-refractivity contribution in [1.29, 1.82) is 5.26 Å². The van der Waals surface area contributed by atoms with Crippen molar-refractivity contribution < 1.29 is 4.74 Å². The van der Waals surface area contributed by atoms with Crippen molar-refractivity contribution in [3.8, 4) is 6.07 Å². The number of nitrogens with one attached hydrogen (secondary N) is 1. The molecule has 1 aliphatic heterocycles. The van der Waals surface area contributed by atoms with E-state index < -0.39 is 0 Å². The monoisotopic (exact) mass is 427 g/mol. The molecule has 0 bridgehead atoms. The molecule has 7 heteroatoms. The summed E-state index contributed by atoms with van der Waals surface area (Å²) in [5.74, 6) is 1.01. The predicted octanol–water partition coefficient (Wildman–Crippen LogP) is 1.99. The maximum atomic E-state index is 8.58. The summed E-state index contributed by atoms with van der Waals surface area (Å²) in [7, 11) is 0. The minimum Gasteiger partial charge on any atom is -0.365 e. The number of anilines is 1. The van der Waals surface area contributed by atoms with E-state index in [2.05, 4.69) is 20.9 Å². The Morgan fingerprint density at radius 1 is 1.26 bits per heavy atom. The quantitative estimate of drug-likeness (QED) is 0.584. The van der Waals surface area contributed by atoms with Gasteiger partial charge in [0.15, 0.2) is 0 Å². The molecule has 23 heavy (non-hydrogen) atoms. The fraction of sp³-hybridized carbons (Fsp3) is 0.500. The average molecular weight is 427 g/mol. The van der Waals surface area contributed by atoms with Gasteiger partial charge in [-0.1, -0.05) is 12.1 Å². The molecule has 0 amide bonds. The molecule has 3 rings (SSSR count). The highest BCUT2D eigenvalue weighted by Crippen LogP contribution is 2.23. The Kier molecular flexibility index (Phi) is 7.08. The van der Waals surface area contributed by atoms with Gasteiger partial charge in [0.1, 0.15) is 6.61 Å². The number of nitrogens with zero attached hydrogens (tertiary/aromatic N) is 4. The molecule has 1 aromatic heterocycles. The van der Waals surface area contributed by atoms with Gasteiger partial charge in [0.05, 0.1) is 23.7 Å². The summed E-state index contributed by atoms with van der Waals surface area (Å²) < 4.78 is 7.54. The SMILES string of the molecule is I.N#CCOCCn1c(N2CCCNCC2)nc2ccccc21. The maximum Gasteiger partial charge on any atom is 0.206 e. The van der Waals surface area contributed by atoms with Gasteiger partial charge in [0, 0.05) is 26.2 Å². The first kappa shape index (κ1) is 18.0.